The maximum absolute atomic E-state index is 5.38. The van der Waals surface area contributed by atoms with E-state index in [1.165, 1.54) is 0 Å². The van der Waals surface area contributed by atoms with Crippen molar-refractivity contribution in [1.29, 1.82) is 0 Å². The molecule has 0 aliphatic heterocycles. The second-order valence-corrected chi connectivity index (χ2v) is 2.95. The molecule has 13 heavy (non-hydrogen) atoms. The summed E-state index contributed by atoms with van der Waals surface area (Å²) in [5, 5.41) is 3.30. The summed E-state index contributed by atoms with van der Waals surface area (Å²) in [5.41, 5.74) is 5.38. The zero-order valence-electron chi connectivity index (χ0n) is 8.16. The van der Waals surface area contributed by atoms with Crippen LogP contribution < -0.4 is 11.1 Å². The lowest BCUT2D eigenvalue weighted by Crippen LogP contribution is -2.20. The molecular weight excluding hydrogens is 164 g/mol. The van der Waals surface area contributed by atoms with Crippen LogP contribution in [0, 0.1) is 0 Å². The summed E-state index contributed by atoms with van der Waals surface area (Å²) < 4.78 is 2.13. The van der Waals surface area contributed by atoms with E-state index in [1.807, 2.05) is 12.4 Å². The number of imidazole rings is 1. The van der Waals surface area contributed by atoms with E-state index >= 15 is 0 Å². The molecular formula is C9H18N4. The Morgan fingerprint density at radius 3 is 3.15 bits per heavy atom. The molecule has 0 unspecified atom stereocenters. The quantitative estimate of drug-likeness (QED) is 0.624. The van der Waals surface area contributed by atoms with E-state index < -0.39 is 0 Å². The fourth-order valence-corrected chi connectivity index (χ4v) is 1.22. The number of hydrogen-bond donors (Lipinski definition) is 2. The molecule has 0 atom stereocenters. The monoisotopic (exact) mass is 182 g/mol. The van der Waals surface area contributed by atoms with Crippen molar-refractivity contribution < 1.29 is 0 Å². The number of hydrogen-bond acceptors (Lipinski definition) is 3. The third-order valence-corrected chi connectivity index (χ3v) is 1.98. The Hall–Kier alpha value is -0.870. The molecule has 0 saturated heterocycles. The van der Waals surface area contributed by atoms with Gasteiger partial charge >= 0.3 is 0 Å². The lowest BCUT2D eigenvalue weighted by Gasteiger charge is -2.05. The van der Waals surface area contributed by atoms with E-state index in [1.54, 1.807) is 0 Å². The Morgan fingerprint density at radius 2 is 2.46 bits per heavy atom. The Kier molecular flexibility index (Phi) is 4.49. The highest BCUT2D eigenvalue weighted by atomic mass is 15.1. The van der Waals surface area contributed by atoms with Gasteiger partial charge in [0.15, 0.2) is 0 Å². The molecule has 0 aliphatic rings. The first-order chi connectivity index (χ1) is 6.38. The molecule has 4 nitrogen and oxygen atoms in total. The van der Waals surface area contributed by atoms with Gasteiger partial charge in [-0.25, -0.2) is 4.98 Å². The van der Waals surface area contributed by atoms with Gasteiger partial charge < -0.3 is 15.6 Å². The van der Waals surface area contributed by atoms with Gasteiger partial charge in [-0.2, -0.15) is 0 Å². The van der Waals surface area contributed by atoms with Crippen LogP contribution in [0.25, 0.3) is 0 Å². The minimum Gasteiger partial charge on any atom is -0.334 e. The van der Waals surface area contributed by atoms with Crippen molar-refractivity contribution in [2.75, 3.05) is 13.1 Å². The van der Waals surface area contributed by atoms with Crippen LogP contribution >= 0.6 is 0 Å². The van der Waals surface area contributed by atoms with Crippen molar-refractivity contribution in [3.8, 4) is 0 Å². The largest absolute Gasteiger partial charge is 0.334 e. The summed E-state index contributed by atoms with van der Waals surface area (Å²) in [5.74, 6) is 1.10. The maximum Gasteiger partial charge on any atom is 0.122 e. The second-order valence-electron chi connectivity index (χ2n) is 2.95. The fourth-order valence-electron chi connectivity index (χ4n) is 1.22. The Bertz CT molecular complexity index is 231. The number of nitrogens with zero attached hydrogens (tertiary/aromatic N) is 2. The average Bonchev–Trinajstić information content (AvgIpc) is 2.60. The summed E-state index contributed by atoms with van der Waals surface area (Å²) >= 11 is 0. The highest BCUT2D eigenvalue weighted by Crippen LogP contribution is 1.96. The molecule has 0 spiro atoms. The van der Waals surface area contributed by atoms with Gasteiger partial charge in [-0.15, -0.1) is 0 Å². The molecule has 1 rings (SSSR count). The molecule has 1 aromatic rings. The van der Waals surface area contributed by atoms with Crippen LogP contribution in [0.5, 0.6) is 0 Å². The first-order valence-electron chi connectivity index (χ1n) is 4.79. The predicted octanol–water partition coefficient (Wildman–Crippen LogP) is 0.341. The number of aryl methyl sites for hydroxylation is 1. The van der Waals surface area contributed by atoms with E-state index in [-0.39, 0.29) is 0 Å². The molecule has 0 radical (unpaired) electrons. The molecule has 0 aliphatic carbocycles. The van der Waals surface area contributed by atoms with E-state index in [0.29, 0.717) is 0 Å². The van der Waals surface area contributed by atoms with Gasteiger partial charge in [0.25, 0.3) is 0 Å². The summed E-state index contributed by atoms with van der Waals surface area (Å²) in [7, 11) is 0. The minimum atomic E-state index is 0.745. The van der Waals surface area contributed by atoms with Crippen molar-refractivity contribution in [2.45, 2.75) is 26.4 Å². The topological polar surface area (TPSA) is 55.9 Å². The fraction of sp³-hybridized carbons (Fsp3) is 0.667. The molecule has 3 N–H and O–H groups in total. The van der Waals surface area contributed by atoms with Crippen LogP contribution in [0.1, 0.15) is 19.2 Å². The number of rotatable bonds is 6. The highest BCUT2D eigenvalue weighted by Gasteiger charge is 1.98. The molecule has 4 heteroatoms. The summed E-state index contributed by atoms with van der Waals surface area (Å²) in [6, 6.07) is 0. The molecule has 1 heterocycles. The molecule has 1 aromatic heterocycles. The van der Waals surface area contributed by atoms with E-state index in [2.05, 4.69) is 21.8 Å². The van der Waals surface area contributed by atoms with Crippen LogP contribution in [0.4, 0.5) is 0 Å². The lowest BCUT2D eigenvalue weighted by molar-refractivity contribution is 0.599. The van der Waals surface area contributed by atoms with E-state index in [9.17, 15) is 0 Å². The van der Waals surface area contributed by atoms with Crippen LogP contribution in [0.2, 0.25) is 0 Å². The average molecular weight is 182 g/mol. The number of nitrogens with two attached hydrogens (primary N) is 1. The molecule has 0 fully saturated rings. The number of aromatic nitrogens is 2. The van der Waals surface area contributed by atoms with Crippen molar-refractivity contribution in [3.63, 3.8) is 0 Å². The van der Waals surface area contributed by atoms with Gasteiger partial charge in [-0.3, -0.25) is 0 Å². The Labute approximate surface area is 79.1 Å². The van der Waals surface area contributed by atoms with Gasteiger partial charge in [0.05, 0.1) is 6.54 Å². The van der Waals surface area contributed by atoms with Gasteiger partial charge in [-0.1, -0.05) is 0 Å². The standard InChI is InChI=1S/C9H18N4/c1-2-13-7-6-12-9(13)8-11-5-3-4-10/h6-7,11H,2-5,8,10H2,1H3. The summed E-state index contributed by atoms with van der Waals surface area (Å²) in [6.45, 7) is 5.64. The van der Waals surface area contributed by atoms with Crippen molar-refractivity contribution in [3.05, 3.63) is 18.2 Å². The second kappa shape index (κ2) is 5.72. The van der Waals surface area contributed by atoms with Crippen molar-refractivity contribution in [2.24, 2.45) is 5.73 Å². The Balaban J connectivity index is 2.27. The third kappa shape index (κ3) is 3.16. The molecule has 0 amide bonds. The van der Waals surface area contributed by atoms with Crippen LogP contribution in [0.15, 0.2) is 12.4 Å². The SMILES string of the molecule is CCn1ccnc1CNCCCN. The van der Waals surface area contributed by atoms with E-state index in [4.69, 9.17) is 5.73 Å². The summed E-state index contributed by atoms with van der Waals surface area (Å²) in [4.78, 5) is 4.25. The molecule has 0 bridgehead atoms. The zero-order valence-corrected chi connectivity index (χ0v) is 8.16. The van der Waals surface area contributed by atoms with Crippen LogP contribution in [-0.2, 0) is 13.1 Å². The van der Waals surface area contributed by atoms with Gasteiger partial charge in [0.2, 0.25) is 0 Å². The van der Waals surface area contributed by atoms with Crippen LogP contribution in [0.3, 0.4) is 0 Å². The smallest absolute Gasteiger partial charge is 0.122 e. The zero-order chi connectivity index (χ0) is 9.52. The Morgan fingerprint density at radius 1 is 1.62 bits per heavy atom. The minimum absolute atomic E-state index is 0.745. The normalized spacial score (nSPS) is 10.6. The number of nitrogens with one attached hydrogen (secondary N) is 1. The van der Waals surface area contributed by atoms with Gasteiger partial charge in [0, 0.05) is 18.9 Å². The van der Waals surface area contributed by atoms with Crippen molar-refractivity contribution >= 4 is 0 Å². The van der Waals surface area contributed by atoms with Gasteiger partial charge in [0.1, 0.15) is 5.82 Å². The summed E-state index contributed by atoms with van der Waals surface area (Å²) in [6.07, 6.45) is 4.86. The predicted molar refractivity (Wildman–Crippen MR) is 53.3 cm³/mol. The highest BCUT2D eigenvalue weighted by molar-refractivity contribution is 4.91. The third-order valence-electron chi connectivity index (χ3n) is 1.98. The first-order valence-corrected chi connectivity index (χ1v) is 4.79. The maximum atomic E-state index is 5.38. The van der Waals surface area contributed by atoms with Crippen LogP contribution in [-0.4, -0.2) is 22.6 Å². The molecule has 0 saturated carbocycles. The van der Waals surface area contributed by atoms with Gasteiger partial charge in [-0.05, 0) is 26.4 Å². The molecule has 74 valence electrons. The lowest BCUT2D eigenvalue weighted by atomic mass is 10.4. The van der Waals surface area contributed by atoms with E-state index in [0.717, 1.165) is 38.4 Å². The first kappa shape index (κ1) is 10.2. The molecule has 0 aromatic carbocycles. The van der Waals surface area contributed by atoms with Crippen molar-refractivity contribution in [1.82, 2.24) is 14.9 Å².